The summed E-state index contributed by atoms with van der Waals surface area (Å²) < 4.78 is 11.6. The van der Waals surface area contributed by atoms with Crippen molar-refractivity contribution in [3.8, 4) is 11.5 Å². The molecular weight excluding hydrogens is 414 g/mol. The normalized spacial score (nSPS) is 17.7. The molecule has 0 aromatic heterocycles. The van der Waals surface area contributed by atoms with Crippen LogP contribution in [0.2, 0.25) is 0 Å². The largest absolute Gasteiger partial charge is 0.502 e. The van der Waals surface area contributed by atoms with Crippen molar-refractivity contribution in [2.75, 3.05) is 43.6 Å². The molecule has 2 aromatic carbocycles. The third-order valence-electron chi connectivity index (χ3n) is 5.21. The molecule has 0 spiro atoms. The number of methoxy groups -OCH3 is 1. The van der Waals surface area contributed by atoms with Crippen molar-refractivity contribution in [2.24, 2.45) is 5.11 Å². The fourth-order valence-corrected chi connectivity index (χ4v) is 3.71. The van der Waals surface area contributed by atoms with E-state index in [1.165, 1.54) is 12.0 Å². The van der Waals surface area contributed by atoms with Gasteiger partial charge in [0.25, 0.3) is 18.7 Å². The maximum absolute atomic E-state index is 12.6. The Bertz CT molecular complexity index is 1070. The average molecular weight is 438 g/mol. The molecule has 4 rings (SSSR count). The van der Waals surface area contributed by atoms with Crippen LogP contribution in [0.5, 0.6) is 11.5 Å². The molecule has 2 aliphatic heterocycles. The Morgan fingerprint density at radius 1 is 1.12 bits per heavy atom. The van der Waals surface area contributed by atoms with Gasteiger partial charge in [0.2, 0.25) is 0 Å². The molecule has 1 N–H and O–H groups in total. The fraction of sp³-hybridized carbons (Fsp3) is 0.318. The van der Waals surface area contributed by atoms with E-state index in [0.717, 1.165) is 16.1 Å². The van der Waals surface area contributed by atoms with Crippen molar-refractivity contribution >= 4 is 29.1 Å². The van der Waals surface area contributed by atoms with Gasteiger partial charge >= 0.3 is 11.8 Å². The summed E-state index contributed by atoms with van der Waals surface area (Å²) in [5, 5.41) is 7.10. The Morgan fingerprint density at radius 3 is 2.56 bits per heavy atom. The fourth-order valence-electron chi connectivity index (χ4n) is 3.71. The van der Waals surface area contributed by atoms with Gasteiger partial charge in [-0.3, -0.25) is 14.5 Å². The van der Waals surface area contributed by atoms with Gasteiger partial charge in [0.15, 0.2) is 0 Å². The third-order valence-corrected chi connectivity index (χ3v) is 5.21. The van der Waals surface area contributed by atoms with Crippen molar-refractivity contribution in [1.29, 1.82) is 0 Å². The lowest BCUT2D eigenvalue weighted by Crippen LogP contribution is -2.52. The molecule has 1 atom stereocenters. The number of anilines is 2. The first kappa shape index (κ1) is 21.3. The molecule has 10 nitrogen and oxygen atoms in total. The van der Waals surface area contributed by atoms with E-state index in [1.807, 2.05) is 36.1 Å². The SMILES string of the molecule is CCOc1ccc(N2CCN3C(=O)C(=O)[N+](CC(=O)Nc4ccccc4OC)=NC32)cc1. The molecule has 32 heavy (non-hydrogen) atoms. The van der Waals surface area contributed by atoms with E-state index < -0.39 is 24.0 Å². The number of ether oxygens (including phenoxy) is 2. The zero-order valence-electron chi connectivity index (χ0n) is 17.9. The van der Waals surface area contributed by atoms with Gasteiger partial charge in [0, 0.05) is 23.9 Å². The van der Waals surface area contributed by atoms with Crippen LogP contribution in [0, 0.1) is 0 Å². The number of fused-ring (bicyclic) bond motifs is 1. The number of nitrogens with zero attached hydrogens (tertiary/aromatic N) is 4. The van der Waals surface area contributed by atoms with Gasteiger partial charge in [-0.15, -0.1) is 0 Å². The first-order valence-corrected chi connectivity index (χ1v) is 10.3. The number of para-hydroxylation sites is 2. The van der Waals surface area contributed by atoms with Gasteiger partial charge < -0.3 is 19.7 Å². The zero-order valence-corrected chi connectivity index (χ0v) is 17.9. The molecule has 166 valence electrons. The topological polar surface area (TPSA) is 104 Å². The highest BCUT2D eigenvalue weighted by Crippen LogP contribution is 2.28. The zero-order chi connectivity index (χ0) is 22.7. The molecule has 3 amide bonds. The van der Waals surface area contributed by atoms with E-state index in [9.17, 15) is 14.4 Å². The summed E-state index contributed by atoms with van der Waals surface area (Å²) in [5.74, 6) is -0.761. The van der Waals surface area contributed by atoms with Crippen LogP contribution in [0.1, 0.15) is 6.92 Å². The van der Waals surface area contributed by atoms with Crippen LogP contribution < -0.4 is 19.7 Å². The van der Waals surface area contributed by atoms with Gasteiger partial charge in [-0.2, -0.15) is 0 Å². The summed E-state index contributed by atoms with van der Waals surface area (Å²) in [6.45, 7) is 2.98. The van der Waals surface area contributed by atoms with Crippen LogP contribution >= 0.6 is 0 Å². The van der Waals surface area contributed by atoms with Crippen molar-refractivity contribution in [3.05, 3.63) is 48.5 Å². The minimum Gasteiger partial charge on any atom is -0.495 e. The molecule has 0 radical (unpaired) electrons. The van der Waals surface area contributed by atoms with E-state index in [4.69, 9.17) is 9.47 Å². The summed E-state index contributed by atoms with van der Waals surface area (Å²) in [6, 6.07) is 14.4. The predicted octanol–water partition coefficient (Wildman–Crippen LogP) is 1.67. The quantitative estimate of drug-likeness (QED) is 0.521. The molecule has 2 aromatic rings. The van der Waals surface area contributed by atoms with E-state index in [-0.39, 0.29) is 6.54 Å². The Balaban J connectivity index is 1.53. The third kappa shape index (κ3) is 4.11. The van der Waals surface area contributed by atoms with Crippen molar-refractivity contribution < 1.29 is 28.6 Å². The molecule has 0 bridgehead atoms. The van der Waals surface area contributed by atoms with Crippen LogP contribution in [0.15, 0.2) is 53.6 Å². The number of carbonyl (C=O) groups excluding carboxylic acids is 3. The Morgan fingerprint density at radius 2 is 1.84 bits per heavy atom. The number of benzene rings is 2. The van der Waals surface area contributed by atoms with Crippen LogP contribution in [-0.2, 0) is 14.4 Å². The number of rotatable bonds is 7. The lowest BCUT2D eigenvalue weighted by molar-refractivity contribution is -0.509. The Hall–Kier alpha value is -3.95. The lowest BCUT2D eigenvalue weighted by atomic mass is 10.3. The highest BCUT2D eigenvalue weighted by Gasteiger charge is 2.49. The summed E-state index contributed by atoms with van der Waals surface area (Å²) in [5.41, 5.74) is 1.31. The van der Waals surface area contributed by atoms with Crippen LogP contribution in [0.25, 0.3) is 0 Å². The van der Waals surface area contributed by atoms with Crippen LogP contribution in [-0.4, -0.2) is 67.0 Å². The second-order valence-corrected chi connectivity index (χ2v) is 7.19. The molecule has 2 heterocycles. The van der Waals surface area contributed by atoms with E-state index in [1.54, 1.807) is 24.3 Å². The molecular formula is C22H24N5O5+. The highest BCUT2D eigenvalue weighted by atomic mass is 16.5. The smallest absolute Gasteiger partial charge is 0.495 e. The predicted molar refractivity (Wildman–Crippen MR) is 115 cm³/mol. The molecule has 10 heteroatoms. The van der Waals surface area contributed by atoms with E-state index >= 15 is 0 Å². The van der Waals surface area contributed by atoms with Crippen LogP contribution in [0.3, 0.4) is 0 Å². The summed E-state index contributed by atoms with van der Waals surface area (Å²) >= 11 is 0. The van der Waals surface area contributed by atoms with Gasteiger partial charge in [0.1, 0.15) is 11.5 Å². The Labute approximate surface area is 185 Å². The number of carbonyl (C=O) groups is 3. The molecule has 0 aliphatic carbocycles. The molecule has 1 fully saturated rings. The molecule has 2 aliphatic rings. The minimum atomic E-state index is -0.829. The van der Waals surface area contributed by atoms with Crippen molar-refractivity contribution in [1.82, 2.24) is 4.90 Å². The van der Waals surface area contributed by atoms with Crippen molar-refractivity contribution in [2.45, 2.75) is 13.2 Å². The van der Waals surface area contributed by atoms with Crippen LogP contribution in [0.4, 0.5) is 11.4 Å². The maximum Gasteiger partial charge on any atom is 0.502 e. The molecule has 1 saturated heterocycles. The van der Waals surface area contributed by atoms with Gasteiger partial charge in [-0.25, -0.2) is 4.79 Å². The van der Waals surface area contributed by atoms with Gasteiger partial charge in [-0.1, -0.05) is 12.1 Å². The first-order chi connectivity index (χ1) is 15.5. The van der Waals surface area contributed by atoms with E-state index in [2.05, 4.69) is 10.4 Å². The minimum absolute atomic E-state index is 0.368. The van der Waals surface area contributed by atoms with Crippen molar-refractivity contribution in [3.63, 3.8) is 0 Å². The summed E-state index contributed by atoms with van der Waals surface area (Å²) in [4.78, 5) is 41.1. The lowest BCUT2D eigenvalue weighted by Gasteiger charge is -2.27. The number of nitrogens with one attached hydrogen (secondary N) is 1. The Kier molecular flexibility index (Phi) is 6.02. The highest BCUT2D eigenvalue weighted by molar-refractivity contribution is 6.32. The second-order valence-electron chi connectivity index (χ2n) is 7.19. The first-order valence-electron chi connectivity index (χ1n) is 10.3. The summed E-state index contributed by atoms with van der Waals surface area (Å²) in [7, 11) is 1.50. The second kappa shape index (κ2) is 9.04. The average Bonchev–Trinajstić information content (AvgIpc) is 3.22. The van der Waals surface area contributed by atoms with Gasteiger partial charge in [-0.05, 0) is 48.0 Å². The number of amides is 3. The monoisotopic (exact) mass is 438 g/mol. The standard InChI is InChI=1S/C22H23N5O5/c1-3-32-16-10-8-15(9-11-16)25-12-13-26-20(29)21(30)27(24-22(25)26)14-19(28)23-17-6-4-5-7-18(17)31-2/h4-11,22H,3,12-14H2,1-2H3/p+1. The maximum atomic E-state index is 12.6. The number of hydrogen-bond donors (Lipinski definition) is 1. The number of hydrogen-bond acceptors (Lipinski definition) is 7. The summed E-state index contributed by atoms with van der Waals surface area (Å²) in [6.07, 6.45) is -0.697. The molecule has 1 unspecified atom stereocenters. The van der Waals surface area contributed by atoms with Gasteiger partial charge in [0.05, 0.1) is 19.4 Å². The number of azo groups is 2. The van der Waals surface area contributed by atoms with E-state index in [0.29, 0.717) is 31.1 Å². The molecule has 0 saturated carbocycles.